The second kappa shape index (κ2) is 10.7. The first-order valence-electron chi connectivity index (χ1n) is 11.4. The summed E-state index contributed by atoms with van der Waals surface area (Å²) in [6.45, 7) is 1.57. The number of aliphatic carboxylic acids is 1. The smallest absolute Gasteiger partial charge is 0.303 e. The fourth-order valence-electron chi connectivity index (χ4n) is 4.20. The molecule has 3 heterocycles. The average Bonchev–Trinajstić information content (AvgIpc) is 3.28. The molecule has 0 saturated carbocycles. The van der Waals surface area contributed by atoms with E-state index in [2.05, 4.69) is 11.4 Å². The standard InChI is InChI=1S/C24H26N6O4S/c25-11-15-5-1-2-6-16(15)12-30-23(34)21-20(28-24(30)29-10-4-7-17(26)13-29)18(14-35-21)22(33)27-9-3-8-19(31)32/h1-2,5-6,14,17H,3-4,7-10,12-13,26H2,(H,27,33)(H,31,32)/t17-/m1/s1. The lowest BCUT2D eigenvalue weighted by molar-refractivity contribution is -0.137. The van der Waals surface area contributed by atoms with E-state index in [9.17, 15) is 19.6 Å². The average molecular weight is 495 g/mol. The second-order valence-electron chi connectivity index (χ2n) is 8.50. The predicted molar refractivity (Wildman–Crippen MR) is 133 cm³/mol. The van der Waals surface area contributed by atoms with Gasteiger partial charge in [-0.1, -0.05) is 18.2 Å². The van der Waals surface area contributed by atoms with Gasteiger partial charge in [-0.3, -0.25) is 19.0 Å². The Bertz CT molecular complexity index is 1360. The highest BCUT2D eigenvalue weighted by molar-refractivity contribution is 7.17. The molecule has 0 spiro atoms. The van der Waals surface area contributed by atoms with E-state index in [0.717, 1.165) is 24.2 Å². The molecule has 1 aliphatic rings. The molecular formula is C24H26N6O4S. The van der Waals surface area contributed by atoms with Gasteiger partial charge in [-0.15, -0.1) is 11.3 Å². The molecule has 1 atom stereocenters. The molecule has 0 unspecified atom stereocenters. The van der Waals surface area contributed by atoms with Crippen LogP contribution in [0.25, 0.3) is 10.2 Å². The molecule has 1 aromatic carbocycles. The Hall–Kier alpha value is -3.75. The summed E-state index contributed by atoms with van der Waals surface area (Å²) in [5, 5.41) is 22.6. The lowest BCUT2D eigenvalue weighted by Gasteiger charge is -2.33. The third-order valence-electron chi connectivity index (χ3n) is 5.96. The number of amides is 1. The summed E-state index contributed by atoms with van der Waals surface area (Å²) in [7, 11) is 0. The number of carbonyl (C=O) groups is 2. The number of nitrogens with zero attached hydrogens (tertiary/aromatic N) is 4. The molecule has 1 fully saturated rings. The number of carboxylic acids is 1. The second-order valence-corrected chi connectivity index (χ2v) is 9.38. The predicted octanol–water partition coefficient (Wildman–Crippen LogP) is 1.90. The van der Waals surface area contributed by atoms with Crippen molar-refractivity contribution in [2.75, 3.05) is 24.5 Å². The van der Waals surface area contributed by atoms with Gasteiger partial charge in [-0.25, -0.2) is 4.98 Å². The molecule has 2 aromatic heterocycles. The van der Waals surface area contributed by atoms with Gasteiger partial charge in [0.15, 0.2) is 0 Å². The maximum Gasteiger partial charge on any atom is 0.303 e. The Balaban J connectivity index is 1.75. The number of anilines is 1. The fourth-order valence-corrected chi connectivity index (χ4v) is 5.13. The van der Waals surface area contributed by atoms with Gasteiger partial charge in [0.05, 0.1) is 23.7 Å². The van der Waals surface area contributed by atoms with Crippen molar-refractivity contribution >= 4 is 39.4 Å². The van der Waals surface area contributed by atoms with Crippen LogP contribution in [0.2, 0.25) is 0 Å². The summed E-state index contributed by atoms with van der Waals surface area (Å²) >= 11 is 1.14. The number of benzene rings is 1. The number of aromatic nitrogens is 2. The van der Waals surface area contributed by atoms with Gasteiger partial charge in [0.1, 0.15) is 10.2 Å². The van der Waals surface area contributed by atoms with Crippen LogP contribution >= 0.6 is 11.3 Å². The molecular weight excluding hydrogens is 468 g/mol. The van der Waals surface area contributed by atoms with Crippen LogP contribution in [-0.2, 0) is 11.3 Å². The first-order chi connectivity index (χ1) is 16.9. The number of carbonyl (C=O) groups excluding carboxylic acids is 1. The largest absolute Gasteiger partial charge is 0.481 e. The number of nitrogens with one attached hydrogen (secondary N) is 1. The van der Waals surface area contributed by atoms with Gasteiger partial charge < -0.3 is 21.1 Å². The molecule has 10 nitrogen and oxygen atoms in total. The molecule has 4 N–H and O–H groups in total. The first-order valence-corrected chi connectivity index (χ1v) is 12.3. The van der Waals surface area contributed by atoms with E-state index in [4.69, 9.17) is 15.8 Å². The topological polar surface area (TPSA) is 154 Å². The molecule has 4 rings (SSSR count). The van der Waals surface area contributed by atoms with Crippen LogP contribution in [-0.4, -0.2) is 52.2 Å². The van der Waals surface area contributed by atoms with Crippen LogP contribution in [0.3, 0.4) is 0 Å². The van der Waals surface area contributed by atoms with Crippen LogP contribution in [0.15, 0.2) is 34.4 Å². The van der Waals surface area contributed by atoms with Crippen LogP contribution in [0.5, 0.6) is 0 Å². The van der Waals surface area contributed by atoms with Gasteiger partial charge in [-0.05, 0) is 30.9 Å². The fraction of sp³-hybridized carbons (Fsp3) is 0.375. The Labute approximate surface area is 205 Å². The van der Waals surface area contributed by atoms with Crippen molar-refractivity contribution in [2.45, 2.75) is 38.3 Å². The quantitative estimate of drug-likeness (QED) is 0.401. The van der Waals surface area contributed by atoms with Crippen LogP contribution in [0.1, 0.15) is 47.2 Å². The van der Waals surface area contributed by atoms with Crippen molar-refractivity contribution in [3.8, 4) is 6.07 Å². The highest BCUT2D eigenvalue weighted by Gasteiger charge is 2.25. The summed E-state index contributed by atoms with van der Waals surface area (Å²) in [6.07, 6.45) is 1.99. The number of piperidine rings is 1. The Morgan fingerprint density at radius 2 is 2.14 bits per heavy atom. The monoisotopic (exact) mass is 494 g/mol. The van der Waals surface area contributed by atoms with Gasteiger partial charge >= 0.3 is 5.97 Å². The van der Waals surface area contributed by atoms with E-state index in [1.807, 2.05) is 17.0 Å². The maximum atomic E-state index is 13.6. The molecule has 11 heteroatoms. The Morgan fingerprint density at radius 3 is 2.89 bits per heavy atom. The van der Waals surface area contributed by atoms with E-state index in [0.29, 0.717) is 46.8 Å². The lowest BCUT2D eigenvalue weighted by Crippen LogP contribution is -2.45. The molecule has 35 heavy (non-hydrogen) atoms. The minimum Gasteiger partial charge on any atom is -0.481 e. The third kappa shape index (κ3) is 5.34. The van der Waals surface area contributed by atoms with Crippen molar-refractivity contribution in [2.24, 2.45) is 5.73 Å². The van der Waals surface area contributed by atoms with Crippen molar-refractivity contribution in [3.63, 3.8) is 0 Å². The summed E-state index contributed by atoms with van der Waals surface area (Å²) in [6, 6.07) is 9.23. The van der Waals surface area contributed by atoms with E-state index in [-0.39, 0.29) is 36.7 Å². The van der Waals surface area contributed by atoms with Crippen molar-refractivity contribution < 1.29 is 14.7 Å². The van der Waals surface area contributed by atoms with Crippen molar-refractivity contribution in [1.29, 1.82) is 5.26 Å². The minimum atomic E-state index is -0.926. The van der Waals surface area contributed by atoms with Gasteiger partial charge in [0, 0.05) is 37.5 Å². The summed E-state index contributed by atoms with van der Waals surface area (Å²) < 4.78 is 1.90. The molecule has 0 radical (unpaired) electrons. The SMILES string of the molecule is N#Cc1ccccc1Cn1c(N2CCC[C@@H](N)C2)nc2c(C(=O)NCCCC(=O)O)csc2c1=O. The van der Waals surface area contributed by atoms with Crippen molar-refractivity contribution in [1.82, 2.24) is 14.9 Å². The van der Waals surface area contributed by atoms with Crippen molar-refractivity contribution in [3.05, 3.63) is 56.7 Å². The molecule has 182 valence electrons. The number of nitrogens with two attached hydrogens (primary N) is 1. The zero-order valence-corrected chi connectivity index (χ0v) is 19.9. The summed E-state index contributed by atoms with van der Waals surface area (Å²) in [5.74, 6) is -0.907. The van der Waals surface area contributed by atoms with Crippen LogP contribution in [0.4, 0.5) is 5.95 Å². The summed E-state index contributed by atoms with van der Waals surface area (Å²) in [5.41, 5.74) is 7.70. The minimum absolute atomic E-state index is 0.0445. The molecule has 3 aromatic rings. The van der Waals surface area contributed by atoms with E-state index in [1.165, 1.54) is 0 Å². The zero-order valence-electron chi connectivity index (χ0n) is 19.1. The van der Waals surface area contributed by atoms with E-state index < -0.39 is 11.9 Å². The molecule has 1 saturated heterocycles. The number of nitriles is 1. The summed E-state index contributed by atoms with van der Waals surface area (Å²) in [4.78, 5) is 43.9. The van der Waals surface area contributed by atoms with Gasteiger partial charge in [0.2, 0.25) is 5.95 Å². The van der Waals surface area contributed by atoms with E-state index >= 15 is 0 Å². The third-order valence-corrected chi connectivity index (χ3v) is 6.92. The van der Waals surface area contributed by atoms with E-state index in [1.54, 1.807) is 22.1 Å². The highest BCUT2D eigenvalue weighted by Crippen LogP contribution is 2.26. The van der Waals surface area contributed by atoms with Gasteiger partial charge in [-0.2, -0.15) is 5.26 Å². The number of hydrogen-bond donors (Lipinski definition) is 3. The number of hydrogen-bond acceptors (Lipinski definition) is 8. The number of fused-ring (bicyclic) bond motifs is 1. The van der Waals surface area contributed by atoms with Crippen LogP contribution in [0, 0.1) is 11.3 Å². The first kappa shape index (κ1) is 24.4. The Kier molecular flexibility index (Phi) is 7.43. The number of rotatable bonds is 8. The molecule has 1 amide bonds. The maximum absolute atomic E-state index is 13.6. The number of carboxylic acid groups (broad SMARTS) is 1. The molecule has 0 bridgehead atoms. The zero-order chi connectivity index (χ0) is 24.9. The van der Waals surface area contributed by atoms with Gasteiger partial charge in [0.25, 0.3) is 11.5 Å². The molecule has 0 aliphatic carbocycles. The lowest BCUT2D eigenvalue weighted by atomic mass is 10.1. The van der Waals surface area contributed by atoms with Crippen LogP contribution < -0.4 is 21.5 Å². The molecule has 1 aliphatic heterocycles. The Morgan fingerprint density at radius 1 is 1.34 bits per heavy atom. The normalized spacial score (nSPS) is 15.7. The number of thiophene rings is 1. The highest BCUT2D eigenvalue weighted by atomic mass is 32.1.